The largest absolute Gasteiger partial charge is 0.398 e. The van der Waals surface area contributed by atoms with Gasteiger partial charge in [0.25, 0.3) is 0 Å². The molecule has 4 nitrogen and oxygen atoms in total. The van der Waals surface area contributed by atoms with Gasteiger partial charge in [0.2, 0.25) is 10.0 Å². The maximum Gasteiger partial charge on any atom is 0.243 e. The van der Waals surface area contributed by atoms with Crippen molar-refractivity contribution < 1.29 is 8.42 Å². The van der Waals surface area contributed by atoms with Gasteiger partial charge in [-0.15, -0.1) is 6.58 Å². The third-order valence-corrected chi connectivity index (χ3v) is 5.56. The van der Waals surface area contributed by atoms with Crippen LogP contribution in [0.15, 0.2) is 29.7 Å². The molecule has 0 saturated carbocycles. The predicted molar refractivity (Wildman–Crippen MR) is 88.9 cm³/mol. The molecule has 118 valence electrons. The van der Waals surface area contributed by atoms with Crippen LogP contribution >= 0.6 is 0 Å². The fourth-order valence-corrected chi connectivity index (χ4v) is 3.86. The van der Waals surface area contributed by atoms with E-state index in [2.05, 4.69) is 6.58 Å². The summed E-state index contributed by atoms with van der Waals surface area (Å²) in [6.07, 6.45) is 4.73. The van der Waals surface area contributed by atoms with Gasteiger partial charge in [-0.05, 0) is 48.9 Å². The van der Waals surface area contributed by atoms with Crippen LogP contribution in [0.25, 0.3) is 0 Å². The summed E-state index contributed by atoms with van der Waals surface area (Å²) in [5.41, 5.74) is 8.25. The van der Waals surface area contributed by atoms with E-state index in [1.807, 2.05) is 19.9 Å². The normalized spacial score (nSPS) is 11.8. The van der Waals surface area contributed by atoms with Crippen LogP contribution in [0.2, 0.25) is 0 Å². The minimum Gasteiger partial charge on any atom is -0.398 e. The molecule has 5 heteroatoms. The first-order chi connectivity index (χ1) is 9.88. The minimum absolute atomic E-state index is 0.350. The standard InChI is InChI=1S/C16H26N2O2S/c1-5-8-9-10-18(4)21(19,20)16-12-13(6-2)11-15(17)14(16)7-3/h5,11-12H,1,6-10,17H2,2-4H3. The van der Waals surface area contributed by atoms with Crippen LogP contribution in [0.1, 0.15) is 37.8 Å². The van der Waals surface area contributed by atoms with Gasteiger partial charge in [0.05, 0.1) is 4.90 Å². The Morgan fingerprint density at radius 1 is 1.29 bits per heavy atom. The fraction of sp³-hybridized carbons (Fsp3) is 0.500. The van der Waals surface area contributed by atoms with Crippen molar-refractivity contribution in [3.8, 4) is 0 Å². The number of nitrogen functional groups attached to an aromatic ring is 1. The van der Waals surface area contributed by atoms with Crippen molar-refractivity contribution in [3.63, 3.8) is 0 Å². The molecule has 1 rings (SSSR count). The summed E-state index contributed by atoms with van der Waals surface area (Å²) < 4.78 is 26.9. The highest BCUT2D eigenvalue weighted by molar-refractivity contribution is 7.89. The number of rotatable bonds is 8. The van der Waals surface area contributed by atoms with E-state index in [9.17, 15) is 8.42 Å². The first kappa shape index (κ1) is 17.7. The van der Waals surface area contributed by atoms with Crippen molar-refractivity contribution in [2.45, 2.75) is 44.4 Å². The van der Waals surface area contributed by atoms with Crippen LogP contribution in [0.3, 0.4) is 0 Å². The van der Waals surface area contributed by atoms with E-state index in [1.165, 1.54) is 4.31 Å². The van der Waals surface area contributed by atoms with E-state index >= 15 is 0 Å². The first-order valence-corrected chi connectivity index (χ1v) is 8.80. The third kappa shape index (κ3) is 4.08. The van der Waals surface area contributed by atoms with Crippen LogP contribution in [0.5, 0.6) is 0 Å². The van der Waals surface area contributed by atoms with Gasteiger partial charge in [-0.2, -0.15) is 0 Å². The number of allylic oxidation sites excluding steroid dienone is 1. The number of anilines is 1. The summed E-state index contributed by atoms with van der Waals surface area (Å²) in [7, 11) is -1.88. The number of sulfonamides is 1. The number of nitrogens with zero attached hydrogens (tertiary/aromatic N) is 1. The maximum absolute atomic E-state index is 12.8. The van der Waals surface area contributed by atoms with Gasteiger partial charge in [-0.25, -0.2) is 12.7 Å². The van der Waals surface area contributed by atoms with E-state index in [-0.39, 0.29) is 0 Å². The molecule has 1 aromatic carbocycles. The third-order valence-electron chi connectivity index (χ3n) is 3.63. The molecular weight excluding hydrogens is 284 g/mol. The van der Waals surface area contributed by atoms with Crippen LogP contribution in [0.4, 0.5) is 5.69 Å². The predicted octanol–water partition coefficient (Wildman–Crippen LogP) is 2.98. The lowest BCUT2D eigenvalue weighted by atomic mass is 10.1. The van der Waals surface area contributed by atoms with Gasteiger partial charge in [-0.3, -0.25) is 0 Å². The Kier molecular flexibility index (Phi) is 6.42. The quantitative estimate of drug-likeness (QED) is 0.456. The van der Waals surface area contributed by atoms with E-state index in [1.54, 1.807) is 19.2 Å². The van der Waals surface area contributed by atoms with Gasteiger partial charge in [-0.1, -0.05) is 19.9 Å². The van der Waals surface area contributed by atoms with E-state index in [0.29, 0.717) is 29.1 Å². The smallest absolute Gasteiger partial charge is 0.243 e. The molecule has 0 aliphatic rings. The second kappa shape index (κ2) is 7.61. The maximum atomic E-state index is 12.8. The molecule has 0 saturated heterocycles. The van der Waals surface area contributed by atoms with Crippen molar-refractivity contribution in [2.75, 3.05) is 19.3 Å². The highest BCUT2D eigenvalue weighted by Crippen LogP contribution is 2.27. The summed E-state index contributed by atoms with van der Waals surface area (Å²) in [4.78, 5) is 0.350. The van der Waals surface area contributed by atoms with Crippen molar-refractivity contribution in [3.05, 3.63) is 35.9 Å². The number of unbranched alkanes of at least 4 members (excludes halogenated alkanes) is 1. The molecule has 0 aromatic heterocycles. The van der Waals surface area contributed by atoms with Crippen LogP contribution in [0, 0.1) is 0 Å². The van der Waals surface area contributed by atoms with Gasteiger partial charge in [0.1, 0.15) is 0 Å². The Bertz CT molecular complexity index is 595. The van der Waals surface area contributed by atoms with Crippen molar-refractivity contribution in [1.82, 2.24) is 4.31 Å². The topological polar surface area (TPSA) is 63.4 Å². The average molecular weight is 310 g/mol. The fourth-order valence-electron chi connectivity index (χ4n) is 2.29. The Hall–Kier alpha value is -1.33. The molecule has 2 N–H and O–H groups in total. The molecule has 1 aromatic rings. The zero-order valence-corrected chi connectivity index (χ0v) is 14.0. The summed E-state index contributed by atoms with van der Waals surface area (Å²) in [6.45, 7) is 8.05. The summed E-state index contributed by atoms with van der Waals surface area (Å²) >= 11 is 0. The summed E-state index contributed by atoms with van der Waals surface area (Å²) in [6, 6.07) is 3.63. The second-order valence-corrected chi connectivity index (χ2v) is 7.14. The number of hydrogen-bond acceptors (Lipinski definition) is 3. The molecule has 0 spiro atoms. The van der Waals surface area contributed by atoms with Gasteiger partial charge < -0.3 is 5.73 Å². The Morgan fingerprint density at radius 2 is 1.95 bits per heavy atom. The monoisotopic (exact) mass is 310 g/mol. The lowest BCUT2D eigenvalue weighted by Gasteiger charge is -2.20. The number of aryl methyl sites for hydroxylation is 1. The first-order valence-electron chi connectivity index (χ1n) is 7.36. The summed E-state index contributed by atoms with van der Waals surface area (Å²) in [5.74, 6) is 0. The Balaban J connectivity index is 3.23. The molecule has 0 aliphatic heterocycles. The van der Waals surface area contributed by atoms with Crippen LogP contribution in [-0.4, -0.2) is 26.3 Å². The lowest BCUT2D eigenvalue weighted by Crippen LogP contribution is -2.29. The number of benzene rings is 1. The SMILES string of the molecule is C=CCCCN(C)S(=O)(=O)c1cc(CC)cc(N)c1CC. The molecule has 0 fully saturated rings. The van der Waals surface area contributed by atoms with E-state index in [4.69, 9.17) is 5.73 Å². The highest BCUT2D eigenvalue weighted by atomic mass is 32.2. The Morgan fingerprint density at radius 3 is 2.48 bits per heavy atom. The molecular formula is C16H26N2O2S. The zero-order chi connectivity index (χ0) is 16.0. The van der Waals surface area contributed by atoms with Crippen LogP contribution < -0.4 is 5.73 Å². The second-order valence-electron chi connectivity index (χ2n) is 5.13. The molecule has 0 amide bonds. The van der Waals surface area contributed by atoms with Gasteiger partial charge in [0.15, 0.2) is 0 Å². The summed E-state index contributed by atoms with van der Waals surface area (Å²) in [5, 5.41) is 0. The van der Waals surface area contributed by atoms with Crippen molar-refractivity contribution in [1.29, 1.82) is 0 Å². The molecule has 0 bridgehead atoms. The lowest BCUT2D eigenvalue weighted by molar-refractivity contribution is 0.462. The van der Waals surface area contributed by atoms with E-state index in [0.717, 1.165) is 24.8 Å². The Labute approximate surface area is 128 Å². The van der Waals surface area contributed by atoms with Gasteiger partial charge >= 0.3 is 0 Å². The number of hydrogen-bond donors (Lipinski definition) is 1. The molecule has 0 radical (unpaired) electrons. The van der Waals surface area contributed by atoms with Gasteiger partial charge in [0, 0.05) is 19.3 Å². The molecule has 0 aliphatic carbocycles. The molecule has 21 heavy (non-hydrogen) atoms. The van der Waals surface area contributed by atoms with E-state index < -0.39 is 10.0 Å². The molecule has 0 unspecified atom stereocenters. The van der Waals surface area contributed by atoms with Crippen molar-refractivity contribution in [2.24, 2.45) is 0 Å². The zero-order valence-electron chi connectivity index (χ0n) is 13.2. The molecule has 0 heterocycles. The number of nitrogens with two attached hydrogens (primary N) is 1. The van der Waals surface area contributed by atoms with Crippen molar-refractivity contribution >= 4 is 15.7 Å². The average Bonchev–Trinajstić information content (AvgIpc) is 2.46. The molecule has 0 atom stereocenters. The highest BCUT2D eigenvalue weighted by Gasteiger charge is 2.24. The minimum atomic E-state index is -3.50. The van der Waals surface area contributed by atoms with Crippen LogP contribution in [-0.2, 0) is 22.9 Å².